The van der Waals surface area contributed by atoms with Gasteiger partial charge in [0, 0.05) is 12.8 Å². The van der Waals surface area contributed by atoms with Gasteiger partial charge < -0.3 is 10.0 Å². The van der Waals surface area contributed by atoms with Crippen LogP contribution in [0.2, 0.25) is 0 Å². The van der Waals surface area contributed by atoms with Crippen molar-refractivity contribution >= 4 is 21.7 Å². The van der Waals surface area contributed by atoms with Gasteiger partial charge in [-0.1, -0.05) is 6.42 Å². The Balaban J connectivity index is 2.33. The number of nitrogens with zero attached hydrogens (tertiary/aromatic N) is 1. The van der Waals surface area contributed by atoms with Crippen molar-refractivity contribution < 1.29 is 23.1 Å². The minimum atomic E-state index is -3.60. The maximum absolute atomic E-state index is 12.5. The third-order valence-electron chi connectivity index (χ3n) is 4.85. The molecular weight excluding hydrogens is 282 g/mol. The summed E-state index contributed by atoms with van der Waals surface area (Å²) >= 11 is 0. The second-order valence-electron chi connectivity index (χ2n) is 6.38. The van der Waals surface area contributed by atoms with Crippen LogP contribution >= 0.6 is 0 Å². The predicted octanol–water partition coefficient (Wildman–Crippen LogP) is 0.521. The molecule has 1 aliphatic heterocycles. The fourth-order valence-corrected chi connectivity index (χ4v) is 3.77. The maximum Gasteiger partial charge on any atom is 0.326 e. The molecule has 20 heavy (non-hydrogen) atoms. The molecule has 2 aliphatic rings. The van der Waals surface area contributed by atoms with Crippen molar-refractivity contribution in [3.63, 3.8) is 0 Å². The van der Waals surface area contributed by atoms with E-state index in [0.29, 0.717) is 6.54 Å². The lowest BCUT2D eigenvalue weighted by molar-refractivity contribution is -0.150. The zero-order chi connectivity index (χ0) is 15.3. The molecule has 1 N–H and O–H groups in total. The molecule has 7 heteroatoms. The van der Waals surface area contributed by atoms with Gasteiger partial charge in [0.25, 0.3) is 0 Å². The predicted molar refractivity (Wildman–Crippen MR) is 72.9 cm³/mol. The third kappa shape index (κ3) is 2.21. The Morgan fingerprint density at radius 1 is 1.25 bits per heavy atom. The number of carbonyl (C=O) groups is 2. The van der Waals surface area contributed by atoms with Gasteiger partial charge in [-0.3, -0.25) is 4.79 Å². The summed E-state index contributed by atoms with van der Waals surface area (Å²) in [5.74, 6) is -1.47. The van der Waals surface area contributed by atoms with E-state index in [2.05, 4.69) is 0 Å². The summed E-state index contributed by atoms with van der Waals surface area (Å²) in [6, 6.07) is -0.879. The van der Waals surface area contributed by atoms with E-state index in [-0.39, 0.29) is 11.8 Å². The van der Waals surface area contributed by atoms with Crippen molar-refractivity contribution in [1.29, 1.82) is 0 Å². The Morgan fingerprint density at radius 3 is 2.35 bits per heavy atom. The lowest BCUT2D eigenvalue weighted by atomic mass is 9.94. The standard InChI is InChI=1S/C13H21NO5S/c1-13(2,20(3,18)19)12(17)14-7-8-5-4-6-9(8)10(14)11(15)16/h8-10H,4-7H2,1-3H3,(H,15,16). The van der Waals surface area contributed by atoms with Crippen LogP contribution in [-0.4, -0.2) is 53.9 Å². The van der Waals surface area contributed by atoms with Crippen molar-refractivity contribution in [3.05, 3.63) is 0 Å². The first-order valence-electron chi connectivity index (χ1n) is 6.81. The Hall–Kier alpha value is -1.11. The van der Waals surface area contributed by atoms with Gasteiger partial charge in [-0.2, -0.15) is 0 Å². The van der Waals surface area contributed by atoms with Gasteiger partial charge in [-0.25, -0.2) is 13.2 Å². The van der Waals surface area contributed by atoms with E-state index in [1.54, 1.807) is 0 Å². The Morgan fingerprint density at radius 2 is 1.85 bits per heavy atom. The minimum absolute atomic E-state index is 0.0354. The maximum atomic E-state index is 12.5. The van der Waals surface area contributed by atoms with E-state index in [1.165, 1.54) is 18.7 Å². The second-order valence-corrected chi connectivity index (χ2v) is 8.94. The van der Waals surface area contributed by atoms with Gasteiger partial charge in [0.1, 0.15) is 10.8 Å². The summed E-state index contributed by atoms with van der Waals surface area (Å²) in [5.41, 5.74) is 0. The van der Waals surface area contributed by atoms with Crippen LogP contribution in [0.5, 0.6) is 0 Å². The van der Waals surface area contributed by atoms with Crippen molar-refractivity contribution in [3.8, 4) is 0 Å². The highest BCUT2D eigenvalue weighted by atomic mass is 32.2. The molecule has 114 valence electrons. The normalized spacial score (nSPS) is 30.4. The Kier molecular flexibility index (Phi) is 3.60. The van der Waals surface area contributed by atoms with Crippen LogP contribution in [0.3, 0.4) is 0 Å². The average molecular weight is 303 g/mol. The molecule has 1 saturated carbocycles. The lowest BCUT2D eigenvalue weighted by Crippen LogP contribution is -2.54. The van der Waals surface area contributed by atoms with Crippen molar-refractivity contribution in [2.45, 2.75) is 43.9 Å². The van der Waals surface area contributed by atoms with Crippen LogP contribution in [0.4, 0.5) is 0 Å². The van der Waals surface area contributed by atoms with Gasteiger partial charge in [0.05, 0.1) is 0 Å². The Labute approximate surface area is 119 Å². The molecule has 0 aromatic heterocycles. The van der Waals surface area contributed by atoms with Crippen LogP contribution in [0.1, 0.15) is 33.1 Å². The molecule has 1 heterocycles. The topological polar surface area (TPSA) is 91.8 Å². The zero-order valence-corrected chi connectivity index (χ0v) is 12.8. The van der Waals surface area contributed by atoms with E-state index < -0.39 is 32.5 Å². The number of amides is 1. The highest BCUT2D eigenvalue weighted by Gasteiger charge is 2.53. The highest BCUT2D eigenvalue weighted by Crippen LogP contribution is 2.43. The monoisotopic (exact) mass is 303 g/mol. The fourth-order valence-electron chi connectivity index (χ4n) is 3.34. The van der Waals surface area contributed by atoms with E-state index in [1.807, 2.05) is 0 Å². The van der Waals surface area contributed by atoms with E-state index in [9.17, 15) is 23.1 Å². The Bertz CT molecular complexity index is 539. The van der Waals surface area contributed by atoms with E-state index in [0.717, 1.165) is 25.5 Å². The number of sulfone groups is 1. The minimum Gasteiger partial charge on any atom is -0.480 e. The first kappa shape index (κ1) is 15.3. The fraction of sp³-hybridized carbons (Fsp3) is 0.846. The van der Waals surface area contributed by atoms with Gasteiger partial charge >= 0.3 is 5.97 Å². The number of hydrogen-bond donors (Lipinski definition) is 1. The second kappa shape index (κ2) is 4.72. The highest BCUT2D eigenvalue weighted by molar-refractivity contribution is 7.92. The summed E-state index contributed by atoms with van der Waals surface area (Å²) in [5, 5.41) is 9.40. The smallest absolute Gasteiger partial charge is 0.326 e. The SMILES string of the molecule is CC(C)(C(=O)N1CC2CCCC2C1C(=O)O)S(C)(=O)=O. The number of likely N-dealkylation sites (tertiary alicyclic amines) is 1. The quantitative estimate of drug-likeness (QED) is 0.820. The number of aliphatic carboxylic acids is 1. The first-order valence-corrected chi connectivity index (χ1v) is 8.70. The van der Waals surface area contributed by atoms with Gasteiger partial charge in [-0.05, 0) is 38.5 Å². The molecular formula is C13H21NO5S. The molecule has 1 aliphatic carbocycles. The summed E-state index contributed by atoms with van der Waals surface area (Å²) in [7, 11) is -3.60. The molecule has 0 aromatic carbocycles. The van der Waals surface area contributed by atoms with E-state index >= 15 is 0 Å². The van der Waals surface area contributed by atoms with E-state index in [4.69, 9.17) is 0 Å². The number of carboxylic acid groups (broad SMARTS) is 1. The summed E-state index contributed by atoms with van der Waals surface area (Å²) in [6.45, 7) is 3.05. The number of hydrogen-bond acceptors (Lipinski definition) is 4. The van der Waals surface area contributed by atoms with Gasteiger partial charge in [0.15, 0.2) is 9.84 Å². The molecule has 6 nitrogen and oxygen atoms in total. The summed E-state index contributed by atoms with van der Waals surface area (Å²) in [4.78, 5) is 25.3. The molecule has 0 radical (unpaired) electrons. The molecule has 2 rings (SSSR count). The molecule has 0 bridgehead atoms. The van der Waals surface area contributed by atoms with Crippen molar-refractivity contribution in [1.82, 2.24) is 4.90 Å². The molecule has 0 aromatic rings. The number of fused-ring (bicyclic) bond motifs is 1. The molecule has 3 unspecified atom stereocenters. The zero-order valence-electron chi connectivity index (χ0n) is 12.0. The molecule has 2 fully saturated rings. The molecule has 1 amide bonds. The van der Waals surface area contributed by atoms with Crippen LogP contribution < -0.4 is 0 Å². The lowest BCUT2D eigenvalue weighted by Gasteiger charge is -2.31. The first-order chi connectivity index (χ1) is 9.07. The molecule has 3 atom stereocenters. The molecule has 0 spiro atoms. The van der Waals surface area contributed by atoms with Crippen molar-refractivity contribution in [2.75, 3.05) is 12.8 Å². The van der Waals surface area contributed by atoms with Gasteiger partial charge in [-0.15, -0.1) is 0 Å². The van der Waals surface area contributed by atoms with Crippen LogP contribution in [0.25, 0.3) is 0 Å². The number of rotatable bonds is 3. The third-order valence-corrected chi connectivity index (χ3v) is 6.87. The number of carbonyl (C=O) groups excluding carboxylic acids is 1. The number of carboxylic acids is 1. The summed E-state index contributed by atoms with van der Waals surface area (Å²) in [6.07, 6.45) is 3.70. The van der Waals surface area contributed by atoms with Crippen LogP contribution in [0.15, 0.2) is 0 Å². The molecule has 1 saturated heterocycles. The largest absolute Gasteiger partial charge is 0.480 e. The van der Waals surface area contributed by atoms with Crippen molar-refractivity contribution in [2.24, 2.45) is 11.8 Å². The van der Waals surface area contributed by atoms with Gasteiger partial charge in [0.2, 0.25) is 5.91 Å². The van der Waals surface area contributed by atoms with Crippen LogP contribution in [0, 0.1) is 11.8 Å². The summed E-state index contributed by atoms with van der Waals surface area (Å²) < 4.78 is 22.0. The van der Waals surface area contributed by atoms with Crippen LogP contribution in [-0.2, 0) is 19.4 Å². The average Bonchev–Trinajstić information content (AvgIpc) is 2.84.